The summed E-state index contributed by atoms with van der Waals surface area (Å²) in [6.45, 7) is 4.27. The molecule has 0 aliphatic rings. The quantitative estimate of drug-likeness (QED) is 0.641. The average Bonchev–Trinajstić information content (AvgIpc) is 2.73. The van der Waals surface area contributed by atoms with E-state index in [1.807, 2.05) is 19.9 Å². The molecule has 0 fully saturated rings. The van der Waals surface area contributed by atoms with Crippen molar-refractivity contribution in [2.45, 2.75) is 20.4 Å². The van der Waals surface area contributed by atoms with E-state index in [1.54, 1.807) is 12.3 Å². The number of H-pyrrole nitrogens is 1. The van der Waals surface area contributed by atoms with Crippen molar-refractivity contribution in [2.24, 2.45) is 0 Å². The van der Waals surface area contributed by atoms with E-state index in [1.165, 1.54) is 6.07 Å². The van der Waals surface area contributed by atoms with Gasteiger partial charge in [0.15, 0.2) is 0 Å². The van der Waals surface area contributed by atoms with E-state index in [9.17, 15) is 10.1 Å². The van der Waals surface area contributed by atoms with Crippen molar-refractivity contribution >= 4 is 11.4 Å². The van der Waals surface area contributed by atoms with E-state index in [4.69, 9.17) is 0 Å². The highest BCUT2D eigenvalue weighted by Gasteiger charge is 2.15. The fourth-order valence-electron chi connectivity index (χ4n) is 1.77. The van der Waals surface area contributed by atoms with Gasteiger partial charge in [-0.2, -0.15) is 5.10 Å². The Labute approximate surface area is 104 Å². The number of aryl methyl sites for hydroxylation is 2. The lowest BCUT2D eigenvalue weighted by Gasteiger charge is -2.09. The van der Waals surface area contributed by atoms with E-state index in [0.717, 1.165) is 16.8 Å². The molecule has 2 N–H and O–H groups in total. The van der Waals surface area contributed by atoms with Gasteiger partial charge < -0.3 is 5.32 Å². The molecule has 1 heterocycles. The van der Waals surface area contributed by atoms with Gasteiger partial charge in [0.1, 0.15) is 5.69 Å². The van der Waals surface area contributed by atoms with Gasteiger partial charge >= 0.3 is 0 Å². The second-order valence-electron chi connectivity index (χ2n) is 4.10. The van der Waals surface area contributed by atoms with E-state index in [-0.39, 0.29) is 10.6 Å². The van der Waals surface area contributed by atoms with Crippen LogP contribution in [0.15, 0.2) is 24.4 Å². The Hall–Kier alpha value is -2.37. The third-order valence-corrected chi connectivity index (χ3v) is 2.84. The molecule has 0 atom stereocenters. The first-order valence-corrected chi connectivity index (χ1v) is 5.56. The van der Waals surface area contributed by atoms with Gasteiger partial charge in [0.25, 0.3) is 5.69 Å². The Morgan fingerprint density at radius 3 is 2.83 bits per heavy atom. The summed E-state index contributed by atoms with van der Waals surface area (Å²) in [4.78, 5) is 10.6. The minimum absolute atomic E-state index is 0.0937. The van der Waals surface area contributed by atoms with Crippen molar-refractivity contribution in [1.82, 2.24) is 10.2 Å². The highest BCUT2D eigenvalue weighted by atomic mass is 16.6. The minimum atomic E-state index is -0.377. The van der Waals surface area contributed by atoms with Crippen LogP contribution in [-0.4, -0.2) is 15.1 Å². The number of rotatable bonds is 4. The molecule has 18 heavy (non-hydrogen) atoms. The first kappa shape index (κ1) is 12.1. The van der Waals surface area contributed by atoms with Crippen LogP contribution in [0.25, 0.3) is 0 Å². The standard InChI is InChI=1S/C12H14N4O2/c1-8-4-3-5-11(16(17)18)12(8)13-6-10-7-14-15-9(10)2/h3-5,7,13H,6H2,1-2H3,(H,14,15). The maximum absolute atomic E-state index is 10.9. The number of hydrogen-bond donors (Lipinski definition) is 2. The highest BCUT2D eigenvalue weighted by Crippen LogP contribution is 2.28. The predicted molar refractivity (Wildman–Crippen MR) is 68.5 cm³/mol. The average molecular weight is 246 g/mol. The molecular formula is C12H14N4O2. The highest BCUT2D eigenvalue weighted by molar-refractivity contribution is 5.66. The fourth-order valence-corrected chi connectivity index (χ4v) is 1.77. The second kappa shape index (κ2) is 4.87. The number of aromatic nitrogens is 2. The van der Waals surface area contributed by atoms with Crippen LogP contribution >= 0.6 is 0 Å². The summed E-state index contributed by atoms with van der Waals surface area (Å²) in [6.07, 6.45) is 1.71. The van der Waals surface area contributed by atoms with Gasteiger partial charge in [0.05, 0.1) is 11.1 Å². The summed E-state index contributed by atoms with van der Waals surface area (Å²) in [5, 5.41) is 20.8. The second-order valence-corrected chi connectivity index (χ2v) is 4.10. The first-order chi connectivity index (χ1) is 8.59. The molecule has 0 bridgehead atoms. The van der Waals surface area contributed by atoms with Crippen LogP contribution in [0.2, 0.25) is 0 Å². The summed E-state index contributed by atoms with van der Waals surface area (Å²) < 4.78 is 0. The molecule has 2 aromatic rings. The van der Waals surface area contributed by atoms with Gasteiger partial charge in [-0.1, -0.05) is 12.1 Å². The van der Waals surface area contributed by atoms with Crippen molar-refractivity contribution in [1.29, 1.82) is 0 Å². The Morgan fingerprint density at radius 2 is 2.22 bits per heavy atom. The topological polar surface area (TPSA) is 83.8 Å². The number of nitro benzene ring substituents is 1. The summed E-state index contributed by atoms with van der Waals surface area (Å²) in [5.74, 6) is 0. The molecule has 0 saturated carbocycles. The number of anilines is 1. The van der Waals surface area contributed by atoms with E-state index in [2.05, 4.69) is 15.5 Å². The lowest BCUT2D eigenvalue weighted by Crippen LogP contribution is -2.04. The van der Waals surface area contributed by atoms with Crippen LogP contribution < -0.4 is 5.32 Å². The maximum atomic E-state index is 10.9. The van der Waals surface area contributed by atoms with Gasteiger partial charge in [-0.05, 0) is 19.4 Å². The van der Waals surface area contributed by atoms with Crippen LogP contribution in [0, 0.1) is 24.0 Å². The smallest absolute Gasteiger partial charge is 0.292 e. The number of nitrogens with one attached hydrogen (secondary N) is 2. The summed E-state index contributed by atoms with van der Waals surface area (Å²) in [6, 6.07) is 5.02. The van der Waals surface area contributed by atoms with Gasteiger partial charge in [0.2, 0.25) is 0 Å². The van der Waals surface area contributed by atoms with Crippen molar-refractivity contribution in [2.75, 3.05) is 5.32 Å². The Balaban J connectivity index is 2.24. The van der Waals surface area contributed by atoms with Crippen LogP contribution in [0.3, 0.4) is 0 Å². The summed E-state index contributed by atoms with van der Waals surface area (Å²) >= 11 is 0. The SMILES string of the molecule is Cc1cccc([N+](=O)[O-])c1NCc1cn[nH]c1C. The predicted octanol–water partition coefficient (Wildman–Crippen LogP) is 2.55. The maximum Gasteiger partial charge on any atom is 0.292 e. The van der Waals surface area contributed by atoms with Crippen LogP contribution in [0.4, 0.5) is 11.4 Å². The lowest BCUT2D eigenvalue weighted by atomic mass is 10.1. The zero-order valence-corrected chi connectivity index (χ0v) is 10.2. The molecule has 0 aliphatic heterocycles. The number of nitro groups is 1. The number of hydrogen-bond acceptors (Lipinski definition) is 4. The molecular weight excluding hydrogens is 232 g/mol. The van der Waals surface area contributed by atoms with Gasteiger partial charge in [-0.3, -0.25) is 15.2 Å². The zero-order chi connectivity index (χ0) is 13.1. The lowest BCUT2D eigenvalue weighted by molar-refractivity contribution is -0.384. The molecule has 1 aromatic heterocycles. The largest absolute Gasteiger partial charge is 0.375 e. The molecule has 0 aliphatic carbocycles. The molecule has 0 spiro atoms. The molecule has 0 unspecified atom stereocenters. The molecule has 0 radical (unpaired) electrons. The first-order valence-electron chi connectivity index (χ1n) is 5.56. The van der Waals surface area contributed by atoms with Gasteiger partial charge in [-0.15, -0.1) is 0 Å². The zero-order valence-electron chi connectivity index (χ0n) is 10.2. The van der Waals surface area contributed by atoms with Gasteiger partial charge in [-0.25, -0.2) is 0 Å². The van der Waals surface area contributed by atoms with E-state index >= 15 is 0 Å². The number of para-hydroxylation sites is 1. The van der Waals surface area contributed by atoms with Crippen LogP contribution in [0.5, 0.6) is 0 Å². The Morgan fingerprint density at radius 1 is 1.44 bits per heavy atom. The summed E-state index contributed by atoms with van der Waals surface area (Å²) in [7, 11) is 0. The van der Waals surface area contributed by atoms with Crippen LogP contribution in [-0.2, 0) is 6.54 Å². The number of aromatic amines is 1. The van der Waals surface area contributed by atoms with Crippen molar-refractivity contribution < 1.29 is 4.92 Å². The monoisotopic (exact) mass is 246 g/mol. The summed E-state index contributed by atoms with van der Waals surface area (Å²) in [5.41, 5.74) is 3.45. The molecule has 0 amide bonds. The van der Waals surface area contributed by atoms with Gasteiger partial charge in [0, 0.05) is 23.9 Å². The third kappa shape index (κ3) is 2.32. The number of nitrogens with zero attached hydrogens (tertiary/aromatic N) is 2. The van der Waals surface area contributed by atoms with Crippen molar-refractivity contribution in [3.63, 3.8) is 0 Å². The molecule has 1 aromatic carbocycles. The van der Waals surface area contributed by atoms with Crippen LogP contribution in [0.1, 0.15) is 16.8 Å². The molecule has 94 valence electrons. The van der Waals surface area contributed by atoms with Crippen molar-refractivity contribution in [3.8, 4) is 0 Å². The molecule has 6 nitrogen and oxygen atoms in total. The Kier molecular flexibility index (Phi) is 3.27. The third-order valence-electron chi connectivity index (χ3n) is 2.84. The normalized spacial score (nSPS) is 10.3. The fraction of sp³-hybridized carbons (Fsp3) is 0.250. The minimum Gasteiger partial charge on any atom is -0.375 e. The van der Waals surface area contributed by atoms with Crippen molar-refractivity contribution in [3.05, 3.63) is 51.3 Å². The van der Waals surface area contributed by atoms with E-state index in [0.29, 0.717) is 12.2 Å². The molecule has 2 rings (SSSR count). The molecule has 0 saturated heterocycles. The number of benzene rings is 1. The van der Waals surface area contributed by atoms with E-state index < -0.39 is 0 Å². The molecule has 6 heteroatoms. The Bertz CT molecular complexity index is 577.